The van der Waals surface area contributed by atoms with Gasteiger partial charge in [0.15, 0.2) is 0 Å². The minimum absolute atomic E-state index is 0.823. The lowest BCUT2D eigenvalue weighted by Gasteiger charge is -2.18. The molecule has 0 bridgehead atoms. The SMILES string of the molecule is COc1cnc2c3c([nH]c2c1)CCN(C1CC1)CC3. The van der Waals surface area contributed by atoms with Gasteiger partial charge in [-0.3, -0.25) is 9.88 Å². The number of H-pyrrole nitrogens is 1. The van der Waals surface area contributed by atoms with Gasteiger partial charge in [0.1, 0.15) is 5.75 Å². The minimum atomic E-state index is 0.823. The Morgan fingerprint density at radius 3 is 2.95 bits per heavy atom. The summed E-state index contributed by atoms with van der Waals surface area (Å²) < 4.78 is 5.25. The summed E-state index contributed by atoms with van der Waals surface area (Å²) in [6, 6.07) is 2.92. The van der Waals surface area contributed by atoms with Crippen LogP contribution in [0.15, 0.2) is 12.3 Å². The molecule has 4 heteroatoms. The number of nitrogens with zero attached hydrogens (tertiary/aromatic N) is 2. The lowest BCUT2D eigenvalue weighted by atomic mass is 10.1. The van der Waals surface area contributed by atoms with Crippen molar-refractivity contribution in [2.24, 2.45) is 0 Å². The minimum Gasteiger partial charge on any atom is -0.495 e. The van der Waals surface area contributed by atoms with Crippen LogP contribution in [0.5, 0.6) is 5.75 Å². The van der Waals surface area contributed by atoms with Crippen LogP contribution in [0.3, 0.4) is 0 Å². The van der Waals surface area contributed by atoms with E-state index in [9.17, 15) is 0 Å². The van der Waals surface area contributed by atoms with Crippen LogP contribution in [-0.4, -0.2) is 41.1 Å². The first-order valence-corrected chi connectivity index (χ1v) is 7.12. The Hall–Kier alpha value is -1.55. The smallest absolute Gasteiger partial charge is 0.139 e. The highest BCUT2D eigenvalue weighted by Gasteiger charge is 2.30. The molecule has 0 amide bonds. The monoisotopic (exact) mass is 257 g/mol. The normalized spacial score (nSPS) is 20.3. The Kier molecular flexibility index (Phi) is 2.52. The lowest BCUT2D eigenvalue weighted by molar-refractivity contribution is 0.277. The van der Waals surface area contributed by atoms with Gasteiger partial charge < -0.3 is 9.72 Å². The summed E-state index contributed by atoms with van der Waals surface area (Å²) in [5.74, 6) is 0.823. The number of pyridine rings is 1. The van der Waals surface area contributed by atoms with Gasteiger partial charge in [-0.2, -0.15) is 0 Å². The quantitative estimate of drug-likeness (QED) is 0.896. The Labute approximate surface area is 112 Å². The van der Waals surface area contributed by atoms with Crippen LogP contribution in [0.1, 0.15) is 24.1 Å². The average molecular weight is 257 g/mol. The highest BCUT2D eigenvalue weighted by Crippen LogP contribution is 2.31. The molecule has 4 rings (SSSR count). The molecule has 3 heterocycles. The van der Waals surface area contributed by atoms with Gasteiger partial charge in [-0.1, -0.05) is 0 Å². The Morgan fingerprint density at radius 2 is 2.16 bits per heavy atom. The van der Waals surface area contributed by atoms with Crippen molar-refractivity contribution in [2.75, 3.05) is 20.2 Å². The number of ether oxygens (including phenoxy) is 1. The first kappa shape index (κ1) is 11.3. The summed E-state index contributed by atoms with van der Waals surface area (Å²) in [4.78, 5) is 10.8. The van der Waals surface area contributed by atoms with Crippen molar-refractivity contribution in [3.05, 3.63) is 23.5 Å². The molecule has 0 aromatic carbocycles. The molecule has 4 nitrogen and oxygen atoms in total. The summed E-state index contributed by atoms with van der Waals surface area (Å²) in [5, 5.41) is 0. The van der Waals surface area contributed by atoms with E-state index in [1.807, 2.05) is 6.20 Å². The van der Waals surface area contributed by atoms with Crippen molar-refractivity contribution in [3.8, 4) is 5.75 Å². The molecule has 1 aliphatic heterocycles. The van der Waals surface area contributed by atoms with Crippen molar-refractivity contribution in [1.29, 1.82) is 0 Å². The van der Waals surface area contributed by atoms with Crippen molar-refractivity contribution >= 4 is 11.0 Å². The van der Waals surface area contributed by atoms with Crippen LogP contribution in [0.25, 0.3) is 11.0 Å². The van der Waals surface area contributed by atoms with Gasteiger partial charge in [0, 0.05) is 42.9 Å². The van der Waals surface area contributed by atoms with Crippen LogP contribution in [0.2, 0.25) is 0 Å². The molecule has 2 aromatic heterocycles. The molecular formula is C15H19N3O. The van der Waals surface area contributed by atoms with E-state index >= 15 is 0 Å². The van der Waals surface area contributed by atoms with Gasteiger partial charge in [0.25, 0.3) is 0 Å². The Bertz CT molecular complexity index is 615. The number of rotatable bonds is 2. The van der Waals surface area contributed by atoms with E-state index in [2.05, 4.69) is 20.9 Å². The fourth-order valence-electron chi connectivity index (χ4n) is 3.18. The third kappa shape index (κ3) is 1.91. The maximum absolute atomic E-state index is 5.25. The summed E-state index contributed by atoms with van der Waals surface area (Å²) >= 11 is 0. The van der Waals surface area contributed by atoms with Gasteiger partial charge >= 0.3 is 0 Å². The van der Waals surface area contributed by atoms with Crippen LogP contribution in [0, 0.1) is 0 Å². The first-order valence-electron chi connectivity index (χ1n) is 7.12. The number of hydrogen-bond donors (Lipinski definition) is 1. The Balaban J connectivity index is 1.70. The molecule has 1 fully saturated rings. The van der Waals surface area contributed by atoms with Crippen molar-refractivity contribution in [2.45, 2.75) is 31.7 Å². The largest absolute Gasteiger partial charge is 0.495 e. The molecule has 0 radical (unpaired) electrons. The third-order valence-electron chi connectivity index (χ3n) is 4.40. The van der Waals surface area contributed by atoms with E-state index < -0.39 is 0 Å². The molecule has 100 valence electrons. The fourth-order valence-corrected chi connectivity index (χ4v) is 3.18. The number of fused-ring (bicyclic) bond motifs is 3. The molecule has 0 spiro atoms. The molecular weight excluding hydrogens is 238 g/mol. The fraction of sp³-hybridized carbons (Fsp3) is 0.533. The van der Waals surface area contributed by atoms with Gasteiger partial charge in [0.05, 0.1) is 24.3 Å². The van der Waals surface area contributed by atoms with E-state index in [4.69, 9.17) is 4.74 Å². The zero-order chi connectivity index (χ0) is 12.8. The first-order chi connectivity index (χ1) is 9.35. The van der Waals surface area contributed by atoms with E-state index in [1.165, 1.54) is 37.2 Å². The average Bonchev–Trinajstić information content (AvgIpc) is 3.23. The molecule has 1 saturated carbocycles. The number of aromatic amines is 1. The van der Waals surface area contributed by atoms with Crippen molar-refractivity contribution < 1.29 is 4.74 Å². The molecule has 2 aromatic rings. The van der Waals surface area contributed by atoms with Gasteiger partial charge in [-0.05, 0) is 19.3 Å². The molecule has 0 saturated heterocycles. The second kappa shape index (κ2) is 4.23. The molecule has 0 unspecified atom stereocenters. The van der Waals surface area contributed by atoms with Crippen molar-refractivity contribution in [1.82, 2.24) is 14.9 Å². The lowest BCUT2D eigenvalue weighted by Crippen LogP contribution is -2.28. The zero-order valence-corrected chi connectivity index (χ0v) is 11.3. The van der Waals surface area contributed by atoms with E-state index in [-0.39, 0.29) is 0 Å². The topological polar surface area (TPSA) is 41.1 Å². The van der Waals surface area contributed by atoms with Crippen LogP contribution in [0.4, 0.5) is 0 Å². The summed E-state index contributed by atoms with van der Waals surface area (Å²) in [7, 11) is 1.68. The molecule has 19 heavy (non-hydrogen) atoms. The van der Waals surface area contributed by atoms with E-state index in [0.717, 1.165) is 35.7 Å². The van der Waals surface area contributed by atoms with Gasteiger partial charge in [-0.25, -0.2) is 0 Å². The highest BCUT2D eigenvalue weighted by molar-refractivity contribution is 5.81. The predicted molar refractivity (Wildman–Crippen MR) is 74.6 cm³/mol. The Morgan fingerprint density at radius 1 is 1.32 bits per heavy atom. The summed E-state index contributed by atoms with van der Waals surface area (Å²) in [6.45, 7) is 2.36. The maximum Gasteiger partial charge on any atom is 0.139 e. The number of aromatic nitrogens is 2. The standard InChI is InChI=1S/C15H19N3O/c1-19-11-8-14-15(16-9-11)12-4-6-18(10-2-3-10)7-5-13(12)17-14/h8-10,17H,2-7H2,1H3. The predicted octanol–water partition coefficient (Wildman–Crippen LogP) is 2.13. The van der Waals surface area contributed by atoms with E-state index in [0.29, 0.717) is 0 Å². The molecule has 2 aliphatic rings. The van der Waals surface area contributed by atoms with Crippen LogP contribution in [-0.2, 0) is 12.8 Å². The van der Waals surface area contributed by atoms with Crippen molar-refractivity contribution in [3.63, 3.8) is 0 Å². The molecule has 0 atom stereocenters. The summed E-state index contributed by atoms with van der Waals surface area (Å²) in [6.07, 6.45) is 6.84. The third-order valence-corrected chi connectivity index (χ3v) is 4.40. The van der Waals surface area contributed by atoms with Gasteiger partial charge in [-0.15, -0.1) is 0 Å². The summed E-state index contributed by atoms with van der Waals surface area (Å²) in [5.41, 5.74) is 5.04. The second-order valence-corrected chi connectivity index (χ2v) is 5.62. The molecule has 1 aliphatic carbocycles. The number of nitrogens with one attached hydrogen (secondary N) is 1. The van der Waals surface area contributed by atoms with E-state index in [1.54, 1.807) is 7.11 Å². The molecule has 1 N–H and O–H groups in total. The zero-order valence-electron chi connectivity index (χ0n) is 11.3. The van der Waals surface area contributed by atoms with Crippen LogP contribution >= 0.6 is 0 Å². The number of hydrogen-bond acceptors (Lipinski definition) is 3. The van der Waals surface area contributed by atoms with Gasteiger partial charge in [0.2, 0.25) is 0 Å². The second-order valence-electron chi connectivity index (χ2n) is 5.62. The highest BCUT2D eigenvalue weighted by atomic mass is 16.5. The number of methoxy groups -OCH3 is 1. The maximum atomic E-state index is 5.25. The van der Waals surface area contributed by atoms with Crippen LogP contribution < -0.4 is 4.74 Å².